The van der Waals surface area contributed by atoms with E-state index in [-0.39, 0.29) is 17.9 Å². The van der Waals surface area contributed by atoms with Gasteiger partial charge in [-0.1, -0.05) is 19.3 Å². The molecule has 0 bridgehead atoms. The average molecular weight is 413 g/mol. The summed E-state index contributed by atoms with van der Waals surface area (Å²) in [4.78, 5) is 23.2. The summed E-state index contributed by atoms with van der Waals surface area (Å²) in [6, 6.07) is 7.92. The van der Waals surface area contributed by atoms with Crippen LogP contribution in [0.15, 0.2) is 36.5 Å². The van der Waals surface area contributed by atoms with Crippen LogP contribution in [0.25, 0.3) is 0 Å². The number of nitrogens with zero attached hydrogens (tertiary/aromatic N) is 3. The van der Waals surface area contributed by atoms with Crippen molar-refractivity contribution in [3.8, 4) is 11.6 Å². The second-order valence-electron chi connectivity index (χ2n) is 7.96. The first-order chi connectivity index (χ1) is 14.7. The van der Waals surface area contributed by atoms with Crippen molar-refractivity contribution in [2.24, 2.45) is 0 Å². The highest BCUT2D eigenvalue weighted by Crippen LogP contribution is 2.23. The van der Waals surface area contributed by atoms with E-state index in [1.54, 1.807) is 24.4 Å². The molecule has 0 radical (unpaired) electrons. The molecule has 1 aromatic heterocycles. The van der Waals surface area contributed by atoms with E-state index in [9.17, 15) is 9.18 Å². The Morgan fingerprint density at radius 1 is 0.967 bits per heavy atom. The molecule has 1 aromatic carbocycles. The fourth-order valence-corrected chi connectivity index (χ4v) is 4.05. The number of carbonyl (C=O) groups is 1. The predicted molar refractivity (Wildman–Crippen MR) is 112 cm³/mol. The smallest absolute Gasteiger partial charge is 0.315 e. The van der Waals surface area contributed by atoms with Crippen LogP contribution >= 0.6 is 0 Å². The van der Waals surface area contributed by atoms with Crippen molar-refractivity contribution in [2.45, 2.75) is 57.0 Å². The molecular formula is C22H28FN5O2. The molecule has 8 heteroatoms. The van der Waals surface area contributed by atoms with Gasteiger partial charge in [0, 0.05) is 37.4 Å². The summed E-state index contributed by atoms with van der Waals surface area (Å²) in [6.45, 7) is 1.52. The van der Waals surface area contributed by atoms with E-state index in [4.69, 9.17) is 4.74 Å². The molecule has 30 heavy (non-hydrogen) atoms. The molecule has 1 aliphatic carbocycles. The molecule has 2 aliphatic rings. The number of carbonyl (C=O) groups excluding carboxylic acids is 1. The Morgan fingerprint density at radius 3 is 2.33 bits per heavy atom. The maximum Gasteiger partial charge on any atom is 0.315 e. The van der Waals surface area contributed by atoms with Crippen molar-refractivity contribution < 1.29 is 13.9 Å². The molecule has 2 aromatic rings. The normalized spacial score (nSPS) is 18.1. The first-order valence-electron chi connectivity index (χ1n) is 10.7. The number of ether oxygens (including phenoxy) is 1. The van der Waals surface area contributed by atoms with Crippen LogP contribution in [0.2, 0.25) is 0 Å². The lowest BCUT2D eigenvalue weighted by atomic mass is 9.96. The lowest BCUT2D eigenvalue weighted by Crippen LogP contribution is -2.50. The van der Waals surface area contributed by atoms with E-state index >= 15 is 0 Å². The highest BCUT2D eigenvalue weighted by molar-refractivity contribution is 5.74. The minimum atomic E-state index is -0.311. The van der Waals surface area contributed by atoms with Crippen molar-refractivity contribution in [1.29, 1.82) is 0 Å². The molecule has 0 unspecified atom stereocenters. The summed E-state index contributed by atoms with van der Waals surface area (Å²) in [7, 11) is 0. The van der Waals surface area contributed by atoms with E-state index in [1.165, 1.54) is 31.4 Å². The van der Waals surface area contributed by atoms with Crippen molar-refractivity contribution in [2.75, 3.05) is 18.0 Å². The zero-order valence-corrected chi connectivity index (χ0v) is 17.0. The number of urea groups is 1. The molecule has 7 nitrogen and oxygen atoms in total. The maximum absolute atomic E-state index is 13.0. The largest absolute Gasteiger partial charge is 0.439 e. The SMILES string of the molecule is O=C(NC1CCCCC1)NC1CCN(c2nccc(Oc3ccc(F)cc3)n2)CC1. The number of nitrogens with one attached hydrogen (secondary N) is 2. The van der Waals surface area contributed by atoms with E-state index in [1.807, 2.05) is 0 Å². The zero-order valence-electron chi connectivity index (χ0n) is 17.0. The van der Waals surface area contributed by atoms with Crippen molar-refractivity contribution in [3.05, 3.63) is 42.3 Å². The molecule has 2 fully saturated rings. The van der Waals surface area contributed by atoms with E-state index in [0.29, 0.717) is 23.6 Å². The molecule has 1 saturated heterocycles. The lowest BCUT2D eigenvalue weighted by Gasteiger charge is -2.33. The summed E-state index contributed by atoms with van der Waals surface area (Å²) in [5, 5.41) is 6.23. The van der Waals surface area contributed by atoms with Crippen molar-refractivity contribution in [3.63, 3.8) is 0 Å². The van der Waals surface area contributed by atoms with Crippen molar-refractivity contribution in [1.82, 2.24) is 20.6 Å². The van der Waals surface area contributed by atoms with Crippen LogP contribution in [0.5, 0.6) is 11.6 Å². The van der Waals surface area contributed by atoms with Gasteiger partial charge in [0.1, 0.15) is 11.6 Å². The van der Waals surface area contributed by atoms with Gasteiger partial charge in [-0.05, 0) is 49.9 Å². The number of hydrogen-bond acceptors (Lipinski definition) is 5. The molecule has 4 rings (SSSR count). The van der Waals surface area contributed by atoms with Gasteiger partial charge in [0.2, 0.25) is 11.8 Å². The number of hydrogen-bond donors (Lipinski definition) is 2. The lowest BCUT2D eigenvalue weighted by molar-refractivity contribution is 0.226. The Hall–Kier alpha value is -2.90. The number of anilines is 1. The van der Waals surface area contributed by atoms with Crippen LogP contribution in [0, 0.1) is 5.82 Å². The van der Waals surface area contributed by atoms with Gasteiger partial charge in [0.25, 0.3) is 0 Å². The summed E-state index contributed by atoms with van der Waals surface area (Å²) < 4.78 is 18.7. The van der Waals surface area contributed by atoms with Gasteiger partial charge in [0.15, 0.2) is 0 Å². The van der Waals surface area contributed by atoms with E-state index in [0.717, 1.165) is 38.8 Å². The Bertz CT molecular complexity index is 834. The summed E-state index contributed by atoms with van der Waals surface area (Å²) in [5.74, 6) is 1.22. The highest BCUT2D eigenvalue weighted by atomic mass is 19.1. The van der Waals surface area contributed by atoms with Crippen LogP contribution in [-0.2, 0) is 0 Å². The molecule has 160 valence electrons. The molecule has 2 N–H and O–H groups in total. The maximum atomic E-state index is 13.0. The molecule has 2 heterocycles. The summed E-state index contributed by atoms with van der Waals surface area (Å²) >= 11 is 0. The van der Waals surface area contributed by atoms with Crippen LogP contribution < -0.4 is 20.3 Å². The number of rotatable bonds is 5. The summed E-state index contributed by atoms with van der Waals surface area (Å²) in [5.41, 5.74) is 0. The van der Waals surface area contributed by atoms with Gasteiger partial charge in [-0.25, -0.2) is 14.2 Å². The topological polar surface area (TPSA) is 79.4 Å². The molecule has 1 aliphatic heterocycles. The van der Waals surface area contributed by atoms with Gasteiger partial charge in [-0.15, -0.1) is 0 Å². The highest BCUT2D eigenvalue weighted by Gasteiger charge is 2.24. The third-order valence-electron chi connectivity index (χ3n) is 5.71. The van der Waals surface area contributed by atoms with E-state index in [2.05, 4.69) is 25.5 Å². The number of piperidine rings is 1. The molecular weight excluding hydrogens is 385 g/mol. The standard InChI is InChI=1S/C22H28FN5O2/c23-16-6-8-19(9-7-16)30-20-10-13-24-21(27-20)28-14-11-18(12-15-28)26-22(29)25-17-4-2-1-3-5-17/h6-10,13,17-18H,1-5,11-12,14-15H2,(H2,25,26,29). The van der Waals surface area contributed by atoms with Gasteiger partial charge in [0.05, 0.1) is 0 Å². The Labute approximate surface area is 176 Å². The predicted octanol–water partition coefficient (Wildman–Crippen LogP) is 4.01. The van der Waals surface area contributed by atoms with Gasteiger partial charge in [-0.2, -0.15) is 4.98 Å². The number of aromatic nitrogens is 2. The van der Waals surface area contributed by atoms with Crippen LogP contribution in [-0.4, -0.2) is 41.2 Å². The Balaban J connectivity index is 1.26. The monoisotopic (exact) mass is 413 g/mol. The quantitative estimate of drug-likeness (QED) is 0.774. The molecule has 0 spiro atoms. The number of amides is 2. The van der Waals surface area contributed by atoms with Crippen molar-refractivity contribution >= 4 is 12.0 Å². The number of halogens is 1. The minimum Gasteiger partial charge on any atom is -0.439 e. The minimum absolute atomic E-state index is 0.0497. The average Bonchev–Trinajstić information content (AvgIpc) is 2.77. The first kappa shape index (κ1) is 20.4. The third-order valence-corrected chi connectivity index (χ3v) is 5.71. The van der Waals surface area contributed by atoms with Gasteiger partial charge >= 0.3 is 6.03 Å². The third kappa shape index (κ3) is 5.58. The molecule has 1 saturated carbocycles. The fourth-order valence-electron chi connectivity index (χ4n) is 4.05. The molecule has 0 atom stereocenters. The van der Waals surface area contributed by atoms with Crippen LogP contribution in [0.3, 0.4) is 0 Å². The first-order valence-corrected chi connectivity index (χ1v) is 10.7. The second kappa shape index (κ2) is 9.73. The Kier molecular flexibility index (Phi) is 6.61. The second-order valence-corrected chi connectivity index (χ2v) is 7.96. The van der Waals surface area contributed by atoms with E-state index < -0.39 is 0 Å². The van der Waals surface area contributed by atoms with Gasteiger partial charge in [-0.3, -0.25) is 0 Å². The zero-order chi connectivity index (χ0) is 20.8. The Morgan fingerprint density at radius 2 is 1.63 bits per heavy atom. The fraction of sp³-hybridized carbons (Fsp3) is 0.500. The molecule has 2 amide bonds. The van der Waals surface area contributed by atoms with Crippen LogP contribution in [0.1, 0.15) is 44.9 Å². The number of benzene rings is 1. The van der Waals surface area contributed by atoms with Crippen LogP contribution in [0.4, 0.5) is 15.1 Å². The van der Waals surface area contributed by atoms with Gasteiger partial charge < -0.3 is 20.3 Å². The summed E-state index contributed by atoms with van der Waals surface area (Å²) in [6.07, 6.45) is 9.17.